The topological polar surface area (TPSA) is 31.9 Å². The van der Waals surface area contributed by atoms with Crippen LogP contribution in [0.1, 0.15) is 36.2 Å². The lowest BCUT2D eigenvalue weighted by atomic mass is 9.74. The van der Waals surface area contributed by atoms with Crippen LogP contribution in [0.2, 0.25) is 0 Å². The number of H-pyrrole nitrogens is 1. The van der Waals surface area contributed by atoms with Crippen LogP contribution in [-0.2, 0) is 19.3 Å². The van der Waals surface area contributed by atoms with Crippen molar-refractivity contribution >= 4 is 0 Å². The van der Waals surface area contributed by atoms with E-state index < -0.39 is 0 Å². The maximum atomic E-state index is 4.62. The number of piperidine rings is 1. The molecule has 0 amide bonds. The van der Waals surface area contributed by atoms with Gasteiger partial charge in [-0.25, -0.2) is 0 Å². The molecule has 0 bridgehead atoms. The molecule has 4 rings (SSSR count). The molecule has 2 aliphatic carbocycles. The van der Waals surface area contributed by atoms with Crippen molar-refractivity contribution in [3.05, 3.63) is 17.0 Å². The Labute approximate surface area is 109 Å². The summed E-state index contributed by atoms with van der Waals surface area (Å²) in [5.74, 6) is 2.74. The van der Waals surface area contributed by atoms with Crippen LogP contribution in [-0.4, -0.2) is 35.2 Å². The van der Waals surface area contributed by atoms with Gasteiger partial charge in [-0.1, -0.05) is 0 Å². The summed E-state index contributed by atoms with van der Waals surface area (Å²) in [6.45, 7) is 2.57. The molecular weight excluding hydrogens is 222 g/mol. The second kappa shape index (κ2) is 4.09. The van der Waals surface area contributed by atoms with E-state index in [9.17, 15) is 0 Å². The van der Waals surface area contributed by atoms with Gasteiger partial charge in [-0.3, -0.25) is 5.10 Å². The van der Waals surface area contributed by atoms with Crippen molar-refractivity contribution in [2.75, 3.05) is 20.1 Å². The summed E-state index contributed by atoms with van der Waals surface area (Å²) in [5, 5.41) is 7.96. The van der Waals surface area contributed by atoms with Crippen LogP contribution in [0.4, 0.5) is 0 Å². The molecule has 2 heterocycles. The maximum Gasteiger partial charge on any atom is 0.0659 e. The van der Waals surface area contributed by atoms with E-state index in [1.54, 1.807) is 5.56 Å². The highest BCUT2D eigenvalue weighted by molar-refractivity contribution is 5.30. The average Bonchev–Trinajstić information content (AvgIpc) is 3.10. The van der Waals surface area contributed by atoms with Crippen molar-refractivity contribution in [3.63, 3.8) is 0 Å². The van der Waals surface area contributed by atoms with E-state index in [0.717, 1.165) is 17.8 Å². The fourth-order valence-electron chi connectivity index (χ4n) is 3.91. The predicted octanol–water partition coefficient (Wildman–Crippen LogP) is 2.03. The molecule has 1 saturated heterocycles. The predicted molar refractivity (Wildman–Crippen MR) is 71.5 cm³/mol. The molecule has 2 unspecified atom stereocenters. The molecule has 3 aliphatic rings. The number of aromatic amines is 1. The zero-order valence-electron chi connectivity index (χ0n) is 11.3. The maximum absolute atomic E-state index is 4.62. The molecular formula is C15H23N3. The second-order valence-corrected chi connectivity index (χ2v) is 6.75. The Kier molecular flexibility index (Phi) is 2.51. The van der Waals surface area contributed by atoms with Gasteiger partial charge in [0.15, 0.2) is 0 Å². The van der Waals surface area contributed by atoms with E-state index in [4.69, 9.17) is 0 Å². The lowest BCUT2D eigenvalue weighted by molar-refractivity contribution is 0.133. The molecule has 18 heavy (non-hydrogen) atoms. The number of hydrogen-bond acceptors (Lipinski definition) is 2. The molecule has 1 N–H and O–H groups in total. The van der Waals surface area contributed by atoms with Crippen molar-refractivity contribution in [1.82, 2.24) is 15.1 Å². The molecule has 3 heteroatoms. The van der Waals surface area contributed by atoms with Gasteiger partial charge in [-0.2, -0.15) is 5.10 Å². The molecule has 0 radical (unpaired) electrons. The lowest BCUT2D eigenvalue weighted by Crippen LogP contribution is -2.41. The first kappa shape index (κ1) is 11.0. The Bertz CT molecular complexity index is 447. The van der Waals surface area contributed by atoms with E-state index in [0.29, 0.717) is 0 Å². The molecule has 98 valence electrons. The normalized spacial score (nSPS) is 32.1. The summed E-state index contributed by atoms with van der Waals surface area (Å²) in [4.78, 5) is 2.51. The molecule has 1 aromatic heterocycles. The molecule has 0 aromatic carbocycles. The molecule has 3 nitrogen and oxygen atoms in total. The Balaban J connectivity index is 1.58. The minimum Gasteiger partial charge on any atom is -0.306 e. The SMILES string of the molecule is CN1CCC2Cc3[nH]nc(CC4CC4)c3CC2C1. The Morgan fingerprint density at radius 3 is 2.94 bits per heavy atom. The fraction of sp³-hybridized carbons (Fsp3) is 0.800. The van der Waals surface area contributed by atoms with Gasteiger partial charge >= 0.3 is 0 Å². The van der Waals surface area contributed by atoms with Gasteiger partial charge in [0.1, 0.15) is 0 Å². The Morgan fingerprint density at radius 1 is 1.22 bits per heavy atom. The molecule has 1 aliphatic heterocycles. The highest BCUT2D eigenvalue weighted by atomic mass is 15.1. The summed E-state index contributed by atoms with van der Waals surface area (Å²) >= 11 is 0. The van der Waals surface area contributed by atoms with E-state index >= 15 is 0 Å². The Morgan fingerprint density at radius 2 is 2.11 bits per heavy atom. The summed E-state index contributed by atoms with van der Waals surface area (Å²) in [5.41, 5.74) is 4.47. The molecule has 0 spiro atoms. The van der Waals surface area contributed by atoms with Crippen LogP contribution in [0.25, 0.3) is 0 Å². The number of rotatable bonds is 2. The average molecular weight is 245 g/mol. The molecule has 2 fully saturated rings. The van der Waals surface area contributed by atoms with Crippen molar-refractivity contribution < 1.29 is 0 Å². The summed E-state index contributed by atoms with van der Waals surface area (Å²) < 4.78 is 0. The van der Waals surface area contributed by atoms with Crippen molar-refractivity contribution in [1.29, 1.82) is 0 Å². The zero-order chi connectivity index (χ0) is 12.1. The summed E-state index contributed by atoms with van der Waals surface area (Å²) in [7, 11) is 2.27. The largest absolute Gasteiger partial charge is 0.306 e. The van der Waals surface area contributed by atoms with Gasteiger partial charge in [0.25, 0.3) is 0 Å². The molecule has 1 saturated carbocycles. The van der Waals surface area contributed by atoms with Crippen LogP contribution in [0.5, 0.6) is 0 Å². The highest BCUT2D eigenvalue weighted by Crippen LogP contribution is 2.38. The van der Waals surface area contributed by atoms with Crippen molar-refractivity contribution in [2.45, 2.75) is 38.5 Å². The number of nitrogens with one attached hydrogen (secondary N) is 1. The minimum atomic E-state index is 0.881. The van der Waals surface area contributed by atoms with Crippen LogP contribution in [0, 0.1) is 17.8 Å². The first-order valence-electron chi connectivity index (χ1n) is 7.53. The smallest absolute Gasteiger partial charge is 0.0659 e. The van der Waals surface area contributed by atoms with Crippen LogP contribution in [0.3, 0.4) is 0 Å². The number of fused-ring (bicyclic) bond motifs is 2. The van der Waals surface area contributed by atoms with Crippen LogP contribution in [0.15, 0.2) is 0 Å². The van der Waals surface area contributed by atoms with E-state index in [2.05, 4.69) is 22.1 Å². The summed E-state index contributed by atoms with van der Waals surface area (Å²) in [6.07, 6.45) is 8.00. The Hall–Kier alpha value is -0.830. The number of aromatic nitrogens is 2. The fourth-order valence-corrected chi connectivity index (χ4v) is 3.91. The molecule has 2 atom stereocenters. The monoisotopic (exact) mass is 245 g/mol. The van der Waals surface area contributed by atoms with Crippen LogP contribution < -0.4 is 0 Å². The summed E-state index contributed by atoms with van der Waals surface area (Å²) in [6, 6.07) is 0. The van der Waals surface area contributed by atoms with Crippen molar-refractivity contribution in [3.8, 4) is 0 Å². The van der Waals surface area contributed by atoms with Gasteiger partial charge in [0.05, 0.1) is 5.69 Å². The van der Waals surface area contributed by atoms with Gasteiger partial charge in [-0.15, -0.1) is 0 Å². The third-order valence-electron chi connectivity index (χ3n) is 5.24. The van der Waals surface area contributed by atoms with E-state index in [1.165, 1.54) is 63.0 Å². The van der Waals surface area contributed by atoms with Crippen molar-refractivity contribution in [2.24, 2.45) is 17.8 Å². The second-order valence-electron chi connectivity index (χ2n) is 6.75. The standard InChI is InChI=1S/C15H23N3/c1-18-5-4-11-8-15-13(7-12(11)9-18)14(16-17-15)6-10-2-3-10/h10-12H,2-9H2,1H3,(H,16,17). The zero-order valence-corrected chi connectivity index (χ0v) is 11.3. The van der Waals surface area contributed by atoms with Gasteiger partial charge in [0, 0.05) is 12.2 Å². The number of likely N-dealkylation sites (tertiary alicyclic amines) is 1. The van der Waals surface area contributed by atoms with Gasteiger partial charge < -0.3 is 4.90 Å². The quantitative estimate of drug-likeness (QED) is 0.864. The third-order valence-corrected chi connectivity index (χ3v) is 5.24. The van der Waals surface area contributed by atoms with Gasteiger partial charge in [-0.05, 0) is 75.4 Å². The number of nitrogens with zero attached hydrogens (tertiary/aromatic N) is 2. The van der Waals surface area contributed by atoms with E-state index in [-0.39, 0.29) is 0 Å². The molecule has 1 aromatic rings. The minimum absolute atomic E-state index is 0.881. The first-order valence-corrected chi connectivity index (χ1v) is 7.53. The van der Waals surface area contributed by atoms with Crippen LogP contribution >= 0.6 is 0 Å². The third kappa shape index (κ3) is 1.89. The van der Waals surface area contributed by atoms with E-state index in [1.807, 2.05) is 0 Å². The first-order chi connectivity index (χ1) is 8.79. The van der Waals surface area contributed by atoms with Gasteiger partial charge in [0.2, 0.25) is 0 Å². The highest BCUT2D eigenvalue weighted by Gasteiger charge is 2.35. The lowest BCUT2D eigenvalue weighted by Gasteiger charge is -2.39. The number of hydrogen-bond donors (Lipinski definition) is 1.